The summed E-state index contributed by atoms with van der Waals surface area (Å²) in [6.07, 6.45) is 7.71. The van der Waals surface area contributed by atoms with E-state index in [-0.39, 0.29) is 29.7 Å². The monoisotopic (exact) mass is 392 g/mol. The Morgan fingerprint density at radius 2 is 1.57 bits per heavy atom. The second-order valence-electron chi connectivity index (χ2n) is 8.76. The number of carbonyl (C=O) groups is 3. The smallest absolute Gasteiger partial charge is 0.245 e. The van der Waals surface area contributed by atoms with E-state index in [2.05, 4.69) is 17.1 Å². The SMILES string of the molecule is CC(=O)NC(C(=O)N1CCN(CC(=O)N2CCCCC2C)CC1)C1CCCC1. The number of rotatable bonds is 5. The molecule has 1 aliphatic carbocycles. The van der Waals surface area contributed by atoms with Crippen LogP contribution in [-0.2, 0) is 14.4 Å². The van der Waals surface area contributed by atoms with Gasteiger partial charge >= 0.3 is 0 Å². The van der Waals surface area contributed by atoms with Crippen LogP contribution in [0.3, 0.4) is 0 Å². The van der Waals surface area contributed by atoms with Crippen LogP contribution in [0.2, 0.25) is 0 Å². The van der Waals surface area contributed by atoms with Gasteiger partial charge in [-0.15, -0.1) is 0 Å². The van der Waals surface area contributed by atoms with Crippen molar-refractivity contribution in [2.45, 2.75) is 70.9 Å². The van der Waals surface area contributed by atoms with Crippen LogP contribution < -0.4 is 5.32 Å². The van der Waals surface area contributed by atoms with Gasteiger partial charge in [-0.25, -0.2) is 0 Å². The Hall–Kier alpha value is -1.63. The first-order valence-electron chi connectivity index (χ1n) is 11.0. The van der Waals surface area contributed by atoms with Gasteiger partial charge in [0.05, 0.1) is 6.54 Å². The number of piperidine rings is 1. The lowest BCUT2D eigenvalue weighted by molar-refractivity contribution is -0.140. The van der Waals surface area contributed by atoms with Crippen LogP contribution in [0.5, 0.6) is 0 Å². The van der Waals surface area contributed by atoms with E-state index in [1.807, 2.05) is 9.80 Å². The molecule has 3 fully saturated rings. The van der Waals surface area contributed by atoms with E-state index in [0.29, 0.717) is 25.7 Å². The number of carbonyl (C=O) groups excluding carboxylic acids is 3. The van der Waals surface area contributed by atoms with E-state index >= 15 is 0 Å². The van der Waals surface area contributed by atoms with E-state index in [0.717, 1.165) is 58.2 Å². The van der Waals surface area contributed by atoms with Crippen LogP contribution in [0, 0.1) is 5.92 Å². The Balaban J connectivity index is 1.50. The molecule has 3 amide bonds. The van der Waals surface area contributed by atoms with E-state index < -0.39 is 0 Å². The maximum absolute atomic E-state index is 13.1. The van der Waals surface area contributed by atoms with Gasteiger partial charge in [0.1, 0.15) is 6.04 Å². The highest BCUT2D eigenvalue weighted by Crippen LogP contribution is 2.29. The summed E-state index contributed by atoms with van der Waals surface area (Å²) in [5, 5.41) is 2.91. The number of likely N-dealkylation sites (tertiary alicyclic amines) is 1. The molecule has 7 heteroatoms. The average molecular weight is 393 g/mol. The molecule has 0 spiro atoms. The first kappa shape index (κ1) is 21.1. The summed E-state index contributed by atoms with van der Waals surface area (Å²) in [4.78, 5) is 43.4. The molecule has 3 aliphatic rings. The summed E-state index contributed by atoms with van der Waals surface area (Å²) in [7, 11) is 0. The van der Waals surface area contributed by atoms with Gasteiger partial charge in [-0.1, -0.05) is 12.8 Å². The molecule has 28 heavy (non-hydrogen) atoms. The second-order valence-corrected chi connectivity index (χ2v) is 8.76. The van der Waals surface area contributed by atoms with Gasteiger partial charge in [0, 0.05) is 45.7 Å². The topological polar surface area (TPSA) is 73.0 Å². The fourth-order valence-corrected chi connectivity index (χ4v) is 4.96. The third-order valence-electron chi connectivity index (χ3n) is 6.66. The average Bonchev–Trinajstić information content (AvgIpc) is 3.21. The van der Waals surface area contributed by atoms with Gasteiger partial charge in [-0.3, -0.25) is 19.3 Å². The summed E-state index contributed by atoms with van der Waals surface area (Å²) in [5.41, 5.74) is 0. The normalized spacial score (nSPS) is 25.6. The van der Waals surface area contributed by atoms with Crippen LogP contribution in [0.15, 0.2) is 0 Å². The summed E-state index contributed by atoms with van der Waals surface area (Å²) in [6, 6.07) is -0.0451. The largest absolute Gasteiger partial charge is 0.344 e. The molecular formula is C21H36N4O3. The van der Waals surface area contributed by atoms with Crippen LogP contribution in [0.1, 0.15) is 58.8 Å². The minimum absolute atomic E-state index is 0.0535. The van der Waals surface area contributed by atoms with E-state index in [4.69, 9.17) is 0 Å². The lowest BCUT2D eigenvalue weighted by atomic mass is 9.96. The summed E-state index contributed by atoms with van der Waals surface area (Å²) < 4.78 is 0. The highest BCUT2D eigenvalue weighted by atomic mass is 16.2. The fourth-order valence-electron chi connectivity index (χ4n) is 4.96. The van der Waals surface area contributed by atoms with Crippen molar-refractivity contribution in [2.75, 3.05) is 39.3 Å². The third-order valence-corrected chi connectivity index (χ3v) is 6.66. The molecule has 3 rings (SSSR count). The van der Waals surface area contributed by atoms with Crippen LogP contribution >= 0.6 is 0 Å². The zero-order chi connectivity index (χ0) is 20.1. The molecule has 2 aliphatic heterocycles. The molecule has 0 bridgehead atoms. The van der Waals surface area contributed by atoms with E-state index in [1.165, 1.54) is 13.3 Å². The number of hydrogen-bond acceptors (Lipinski definition) is 4. The van der Waals surface area contributed by atoms with Crippen LogP contribution in [-0.4, -0.2) is 83.8 Å². The number of hydrogen-bond donors (Lipinski definition) is 1. The minimum atomic E-state index is -0.387. The van der Waals surface area contributed by atoms with Crippen molar-refractivity contribution >= 4 is 17.7 Å². The van der Waals surface area contributed by atoms with E-state index in [1.54, 1.807) is 0 Å². The molecule has 0 aromatic heterocycles. The number of amides is 3. The highest BCUT2D eigenvalue weighted by Gasteiger charge is 2.35. The van der Waals surface area contributed by atoms with Crippen molar-refractivity contribution in [2.24, 2.45) is 5.92 Å². The number of nitrogens with zero attached hydrogens (tertiary/aromatic N) is 3. The molecule has 0 aromatic rings. The fraction of sp³-hybridized carbons (Fsp3) is 0.857. The number of nitrogens with one attached hydrogen (secondary N) is 1. The summed E-state index contributed by atoms with van der Waals surface area (Å²) in [6.45, 7) is 7.64. The van der Waals surface area contributed by atoms with Gasteiger partial charge in [0.2, 0.25) is 17.7 Å². The molecule has 2 saturated heterocycles. The molecule has 7 nitrogen and oxygen atoms in total. The van der Waals surface area contributed by atoms with Crippen molar-refractivity contribution in [1.82, 2.24) is 20.0 Å². The first-order chi connectivity index (χ1) is 13.5. The molecule has 0 radical (unpaired) electrons. The van der Waals surface area contributed by atoms with Gasteiger partial charge in [-0.05, 0) is 44.9 Å². The standard InChI is InChI=1S/C21H36N4O3/c1-16-7-5-6-10-25(16)19(27)15-23-11-13-24(14-12-23)21(28)20(22-17(2)26)18-8-3-4-9-18/h16,18,20H,3-15H2,1-2H3,(H,22,26). The van der Waals surface area contributed by atoms with E-state index in [9.17, 15) is 14.4 Å². The molecule has 1 N–H and O–H groups in total. The highest BCUT2D eigenvalue weighted by molar-refractivity contribution is 5.87. The lowest BCUT2D eigenvalue weighted by Crippen LogP contribution is -2.57. The van der Waals surface area contributed by atoms with Gasteiger partial charge in [-0.2, -0.15) is 0 Å². The van der Waals surface area contributed by atoms with Crippen LogP contribution in [0.4, 0.5) is 0 Å². The quantitative estimate of drug-likeness (QED) is 0.764. The van der Waals surface area contributed by atoms with Crippen molar-refractivity contribution in [3.8, 4) is 0 Å². The minimum Gasteiger partial charge on any atom is -0.344 e. The van der Waals surface area contributed by atoms with Crippen molar-refractivity contribution < 1.29 is 14.4 Å². The predicted molar refractivity (Wildman–Crippen MR) is 108 cm³/mol. The number of piperazine rings is 1. The Morgan fingerprint density at radius 3 is 2.18 bits per heavy atom. The summed E-state index contributed by atoms with van der Waals surface area (Å²) >= 11 is 0. The Morgan fingerprint density at radius 1 is 0.929 bits per heavy atom. The molecular weight excluding hydrogens is 356 g/mol. The van der Waals surface area contributed by atoms with Crippen molar-refractivity contribution in [3.63, 3.8) is 0 Å². The first-order valence-corrected chi connectivity index (χ1v) is 11.0. The zero-order valence-corrected chi connectivity index (χ0v) is 17.5. The molecule has 1 saturated carbocycles. The Kier molecular flexibility index (Phi) is 7.32. The molecule has 2 unspecified atom stereocenters. The zero-order valence-electron chi connectivity index (χ0n) is 17.5. The van der Waals surface area contributed by atoms with Crippen molar-refractivity contribution in [3.05, 3.63) is 0 Å². The van der Waals surface area contributed by atoms with Gasteiger partial charge in [0.15, 0.2) is 0 Å². The molecule has 2 heterocycles. The van der Waals surface area contributed by atoms with Crippen molar-refractivity contribution in [1.29, 1.82) is 0 Å². The van der Waals surface area contributed by atoms with Gasteiger partial charge < -0.3 is 15.1 Å². The predicted octanol–water partition coefficient (Wildman–Crippen LogP) is 1.23. The maximum atomic E-state index is 13.1. The molecule has 2 atom stereocenters. The van der Waals surface area contributed by atoms with Gasteiger partial charge in [0.25, 0.3) is 0 Å². The molecule has 158 valence electrons. The van der Waals surface area contributed by atoms with Crippen LogP contribution in [0.25, 0.3) is 0 Å². The lowest BCUT2D eigenvalue weighted by Gasteiger charge is -2.39. The third kappa shape index (κ3) is 5.25. The molecule has 0 aromatic carbocycles. The second kappa shape index (κ2) is 9.72. The Labute approximate surface area is 168 Å². The summed E-state index contributed by atoms with van der Waals surface area (Å²) in [5.74, 6) is 0.397. The maximum Gasteiger partial charge on any atom is 0.245 e. The Bertz CT molecular complexity index is 568.